The molecule has 1 saturated heterocycles. The van der Waals surface area contributed by atoms with Crippen LogP contribution in [0.5, 0.6) is 5.75 Å². The molecule has 0 aromatic heterocycles. The maximum atomic E-state index is 12.8. The summed E-state index contributed by atoms with van der Waals surface area (Å²) in [6, 6.07) is 7.73. The van der Waals surface area contributed by atoms with Gasteiger partial charge in [-0.15, -0.1) is 0 Å². The van der Waals surface area contributed by atoms with Crippen LogP contribution in [0, 0.1) is 11.3 Å². The van der Waals surface area contributed by atoms with Crippen molar-refractivity contribution < 1.29 is 14.3 Å². The second-order valence-electron chi connectivity index (χ2n) is 8.25. The predicted molar refractivity (Wildman–Crippen MR) is 105 cm³/mol. The molecule has 1 aromatic rings. The van der Waals surface area contributed by atoms with E-state index in [2.05, 4.69) is 5.32 Å². The number of likely N-dealkylation sites (tertiary alicyclic amines) is 1. The summed E-state index contributed by atoms with van der Waals surface area (Å²) < 4.78 is 5.16. The molecule has 1 aromatic carbocycles. The van der Waals surface area contributed by atoms with Crippen LogP contribution < -0.4 is 10.1 Å². The lowest BCUT2D eigenvalue weighted by Gasteiger charge is -2.40. The number of methoxy groups -OCH3 is 1. The third-order valence-electron chi connectivity index (χ3n) is 6.29. The van der Waals surface area contributed by atoms with Crippen LogP contribution in [-0.4, -0.2) is 36.9 Å². The standard InChI is InChI=1S/C22H32N2O3/c1-22(21(26)23-16-17-8-10-19(27-2)11-9-17)12-14-24(15-13-22)20(25)18-6-4-3-5-7-18/h8-11,18H,3-7,12-16H2,1-2H3,(H,23,26). The molecule has 0 atom stereocenters. The highest BCUT2D eigenvalue weighted by atomic mass is 16.5. The molecule has 1 N–H and O–H groups in total. The van der Waals surface area contributed by atoms with E-state index in [0.29, 0.717) is 25.5 Å². The molecule has 2 fully saturated rings. The quantitative estimate of drug-likeness (QED) is 0.860. The van der Waals surface area contributed by atoms with Gasteiger partial charge in [-0.1, -0.05) is 38.3 Å². The van der Waals surface area contributed by atoms with Gasteiger partial charge in [-0.25, -0.2) is 0 Å². The van der Waals surface area contributed by atoms with Crippen LogP contribution in [0.25, 0.3) is 0 Å². The molecule has 148 valence electrons. The SMILES string of the molecule is COc1ccc(CNC(=O)C2(C)CCN(C(=O)C3CCCCC3)CC2)cc1. The van der Waals surface area contributed by atoms with Crippen molar-refractivity contribution in [1.29, 1.82) is 0 Å². The van der Waals surface area contributed by atoms with Crippen molar-refractivity contribution >= 4 is 11.8 Å². The van der Waals surface area contributed by atoms with Crippen molar-refractivity contribution in [2.75, 3.05) is 20.2 Å². The number of piperidine rings is 1. The van der Waals surface area contributed by atoms with E-state index in [-0.39, 0.29) is 11.8 Å². The molecular weight excluding hydrogens is 340 g/mol. The number of amides is 2. The van der Waals surface area contributed by atoms with E-state index in [1.165, 1.54) is 19.3 Å². The second kappa shape index (κ2) is 8.77. The van der Waals surface area contributed by atoms with Gasteiger partial charge < -0.3 is 15.0 Å². The number of ether oxygens (including phenoxy) is 1. The fourth-order valence-electron chi connectivity index (χ4n) is 4.19. The Balaban J connectivity index is 1.48. The Labute approximate surface area is 162 Å². The molecule has 1 saturated carbocycles. The van der Waals surface area contributed by atoms with E-state index in [4.69, 9.17) is 4.74 Å². The molecule has 1 heterocycles. The summed E-state index contributed by atoms with van der Waals surface area (Å²) in [6.07, 6.45) is 7.16. The van der Waals surface area contributed by atoms with Crippen LogP contribution in [0.1, 0.15) is 57.4 Å². The van der Waals surface area contributed by atoms with Gasteiger partial charge in [0.15, 0.2) is 0 Å². The fraction of sp³-hybridized carbons (Fsp3) is 0.636. The highest BCUT2D eigenvalue weighted by Gasteiger charge is 2.39. The average Bonchev–Trinajstić information content (AvgIpc) is 2.73. The first kappa shape index (κ1) is 19.7. The van der Waals surface area contributed by atoms with E-state index in [9.17, 15) is 9.59 Å². The Morgan fingerprint density at radius 3 is 2.33 bits per heavy atom. The van der Waals surface area contributed by atoms with Gasteiger partial charge >= 0.3 is 0 Å². The first-order valence-electron chi connectivity index (χ1n) is 10.2. The van der Waals surface area contributed by atoms with Crippen LogP contribution >= 0.6 is 0 Å². The molecule has 1 aliphatic carbocycles. The molecule has 0 unspecified atom stereocenters. The molecule has 0 spiro atoms. The highest BCUT2D eigenvalue weighted by Crippen LogP contribution is 2.33. The van der Waals surface area contributed by atoms with Gasteiger partial charge in [0.05, 0.1) is 7.11 Å². The van der Waals surface area contributed by atoms with Crippen molar-refractivity contribution in [1.82, 2.24) is 10.2 Å². The number of hydrogen-bond donors (Lipinski definition) is 1. The van der Waals surface area contributed by atoms with Gasteiger partial charge in [-0.2, -0.15) is 0 Å². The first-order chi connectivity index (χ1) is 13.0. The third-order valence-corrected chi connectivity index (χ3v) is 6.29. The molecule has 0 radical (unpaired) electrons. The summed E-state index contributed by atoms with van der Waals surface area (Å²) in [4.78, 5) is 27.5. The molecule has 0 bridgehead atoms. The van der Waals surface area contributed by atoms with Gasteiger partial charge in [-0.3, -0.25) is 9.59 Å². The zero-order valence-corrected chi connectivity index (χ0v) is 16.6. The van der Waals surface area contributed by atoms with Crippen molar-refractivity contribution in [3.63, 3.8) is 0 Å². The van der Waals surface area contributed by atoms with Gasteiger partial charge in [-0.05, 0) is 43.4 Å². The molecular formula is C22H32N2O3. The predicted octanol–water partition coefficient (Wildman–Crippen LogP) is 3.52. The lowest BCUT2D eigenvalue weighted by Crippen LogP contribution is -2.50. The van der Waals surface area contributed by atoms with Crippen LogP contribution in [0.15, 0.2) is 24.3 Å². The number of carbonyl (C=O) groups is 2. The Hall–Kier alpha value is -2.04. The van der Waals surface area contributed by atoms with Gasteiger partial charge in [0, 0.05) is 31.0 Å². The number of benzene rings is 1. The summed E-state index contributed by atoms with van der Waals surface area (Å²) in [7, 11) is 1.64. The van der Waals surface area contributed by atoms with Crippen molar-refractivity contribution in [2.45, 2.75) is 58.4 Å². The molecule has 5 heteroatoms. The summed E-state index contributed by atoms with van der Waals surface area (Å²) in [5, 5.41) is 3.07. The Kier molecular flexibility index (Phi) is 6.40. The lowest BCUT2D eigenvalue weighted by atomic mass is 9.78. The third kappa shape index (κ3) is 4.82. The summed E-state index contributed by atoms with van der Waals surface area (Å²) >= 11 is 0. The molecule has 5 nitrogen and oxygen atoms in total. The van der Waals surface area contributed by atoms with Crippen molar-refractivity contribution in [3.05, 3.63) is 29.8 Å². The van der Waals surface area contributed by atoms with Crippen LogP contribution in [0.3, 0.4) is 0 Å². The fourth-order valence-corrected chi connectivity index (χ4v) is 4.19. The Bertz CT molecular complexity index is 642. The second-order valence-corrected chi connectivity index (χ2v) is 8.25. The minimum absolute atomic E-state index is 0.0862. The highest BCUT2D eigenvalue weighted by molar-refractivity contribution is 5.83. The average molecular weight is 373 g/mol. The van der Waals surface area contributed by atoms with E-state index < -0.39 is 5.41 Å². The Morgan fingerprint density at radius 2 is 1.74 bits per heavy atom. The van der Waals surface area contributed by atoms with Crippen LogP contribution in [-0.2, 0) is 16.1 Å². The summed E-state index contributed by atoms with van der Waals surface area (Å²) in [5.41, 5.74) is 0.660. The zero-order valence-electron chi connectivity index (χ0n) is 16.6. The van der Waals surface area contributed by atoms with Crippen molar-refractivity contribution in [3.8, 4) is 5.75 Å². The molecule has 27 heavy (non-hydrogen) atoms. The number of nitrogens with zero attached hydrogens (tertiary/aromatic N) is 1. The molecule has 2 aliphatic rings. The van der Waals surface area contributed by atoms with E-state index in [0.717, 1.165) is 37.0 Å². The monoisotopic (exact) mass is 372 g/mol. The zero-order chi connectivity index (χ0) is 19.3. The van der Waals surface area contributed by atoms with E-state index >= 15 is 0 Å². The summed E-state index contributed by atoms with van der Waals surface area (Å²) in [5.74, 6) is 1.43. The normalized spacial score (nSPS) is 20.1. The number of rotatable bonds is 5. The molecule has 1 aliphatic heterocycles. The van der Waals surface area contributed by atoms with Crippen LogP contribution in [0.4, 0.5) is 0 Å². The number of hydrogen-bond acceptors (Lipinski definition) is 3. The maximum Gasteiger partial charge on any atom is 0.226 e. The van der Waals surface area contributed by atoms with Crippen molar-refractivity contribution in [2.24, 2.45) is 11.3 Å². The minimum atomic E-state index is -0.393. The number of nitrogens with one attached hydrogen (secondary N) is 1. The largest absolute Gasteiger partial charge is 0.497 e. The molecule has 2 amide bonds. The van der Waals surface area contributed by atoms with Crippen LogP contribution in [0.2, 0.25) is 0 Å². The smallest absolute Gasteiger partial charge is 0.226 e. The minimum Gasteiger partial charge on any atom is -0.497 e. The van der Waals surface area contributed by atoms with E-state index in [1.54, 1.807) is 7.11 Å². The maximum absolute atomic E-state index is 12.8. The molecule has 3 rings (SSSR count). The van der Waals surface area contributed by atoms with Gasteiger partial charge in [0.2, 0.25) is 11.8 Å². The Morgan fingerprint density at radius 1 is 1.11 bits per heavy atom. The first-order valence-corrected chi connectivity index (χ1v) is 10.2. The summed E-state index contributed by atoms with van der Waals surface area (Å²) in [6.45, 7) is 3.94. The van der Waals surface area contributed by atoms with Gasteiger partial charge in [0.25, 0.3) is 0 Å². The van der Waals surface area contributed by atoms with Gasteiger partial charge in [0.1, 0.15) is 5.75 Å². The lowest BCUT2D eigenvalue weighted by molar-refractivity contribution is -0.143. The van der Waals surface area contributed by atoms with E-state index in [1.807, 2.05) is 36.1 Å². The number of carbonyl (C=O) groups excluding carboxylic acids is 2. The topological polar surface area (TPSA) is 58.6 Å².